The first-order valence-corrected chi connectivity index (χ1v) is 20.4. The molecule has 2 atom stereocenters. The van der Waals surface area contributed by atoms with Gasteiger partial charge in [-0.05, 0) is 50.9 Å². The van der Waals surface area contributed by atoms with Gasteiger partial charge in [-0.15, -0.1) is 0 Å². The molecule has 3 N–H and O–H groups in total. The topological polar surface area (TPSA) is 140 Å². The van der Waals surface area contributed by atoms with Crippen molar-refractivity contribution in [2.24, 2.45) is 5.92 Å². The van der Waals surface area contributed by atoms with E-state index in [-0.39, 0.29) is 19.4 Å². The quantitative estimate of drug-likeness (QED) is 0.0199. The molecule has 0 aromatic carbocycles. The lowest BCUT2D eigenvalue weighted by molar-refractivity contribution is -0.161. The van der Waals surface area contributed by atoms with Gasteiger partial charge in [-0.25, -0.2) is 4.57 Å². The Morgan fingerprint density at radius 3 is 1.96 bits per heavy atom. The van der Waals surface area contributed by atoms with Crippen molar-refractivity contribution >= 4 is 19.8 Å². The maximum atomic E-state index is 12.3. The largest absolute Gasteiger partial charge is 0.469 e. The van der Waals surface area contributed by atoms with E-state index in [1.54, 1.807) is 6.08 Å². The lowest BCUT2D eigenvalue weighted by Crippen LogP contribution is -2.29. The monoisotopic (exact) mass is 712 g/mol. The van der Waals surface area contributed by atoms with Gasteiger partial charge >= 0.3 is 19.8 Å². The highest BCUT2D eigenvalue weighted by Gasteiger charge is 2.22. The van der Waals surface area contributed by atoms with Crippen molar-refractivity contribution in [2.45, 2.75) is 168 Å². The van der Waals surface area contributed by atoms with E-state index in [1.807, 2.05) is 36.5 Å². The summed E-state index contributed by atoms with van der Waals surface area (Å²) in [6, 6.07) is 0. The average molecular weight is 713 g/mol. The molecule has 0 saturated carbocycles. The van der Waals surface area contributed by atoms with Crippen LogP contribution < -0.4 is 0 Å². The summed E-state index contributed by atoms with van der Waals surface area (Å²) in [6.07, 6.45) is 34.4. The van der Waals surface area contributed by atoms with E-state index in [0.29, 0.717) is 25.7 Å². The van der Waals surface area contributed by atoms with Crippen molar-refractivity contribution in [1.29, 1.82) is 0 Å². The molecular formula is C39H69O9P. The summed E-state index contributed by atoms with van der Waals surface area (Å²) in [6.45, 7) is 5.82. The van der Waals surface area contributed by atoms with Crippen LogP contribution in [0.4, 0.5) is 0 Å². The van der Waals surface area contributed by atoms with Crippen LogP contribution >= 0.6 is 7.82 Å². The Morgan fingerprint density at radius 2 is 1.31 bits per heavy atom. The molecule has 0 spiro atoms. The number of allylic oxidation sites excluding steroid dienone is 6. The fraction of sp³-hybridized carbons (Fsp3) is 0.744. The fourth-order valence-electron chi connectivity index (χ4n) is 4.98. The van der Waals surface area contributed by atoms with Crippen LogP contribution in [-0.4, -0.2) is 52.3 Å². The number of phosphoric ester groups is 1. The summed E-state index contributed by atoms with van der Waals surface area (Å²) in [7, 11) is -4.78. The minimum Gasteiger partial charge on any atom is -0.462 e. The van der Waals surface area contributed by atoms with Gasteiger partial charge in [-0.1, -0.05) is 146 Å². The van der Waals surface area contributed by atoms with Crippen molar-refractivity contribution < 1.29 is 43.0 Å². The number of hydrogen-bond acceptors (Lipinski definition) is 7. The van der Waals surface area contributed by atoms with E-state index in [1.165, 1.54) is 64.2 Å². The second kappa shape index (κ2) is 33.1. The molecular weight excluding hydrogens is 643 g/mol. The summed E-state index contributed by atoms with van der Waals surface area (Å²) in [5.41, 5.74) is 0. The standard InChI is InChI=1S/C39H69O9P/c1-4-5-6-7-13-19-24-29-36(40)30-25-20-15-12-17-21-26-31-38(41)46-33-37(34-47-49(43,44)45)48-39(42)32-27-22-16-11-9-8-10-14-18-23-28-35(2)3/h12-13,17,19-20,24-25,29,35-37,40H,4-11,14-16,18,21-23,26-28,30-34H2,1-3H3,(H2,43,44,45)/b17-12+,19-13-,25-20-,29-24-/t36-,37-/m1/s1. The minimum atomic E-state index is -4.78. The Labute approximate surface area is 297 Å². The average Bonchev–Trinajstić information content (AvgIpc) is 3.04. The van der Waals surface area contributed by atoms with Gasteiger partial charge < -0.3 is 24.4 Å². The third kappa shape index (κ3) is 37.1. The molecule has 0 aliphatic carbocycles. The molecule has 0 aliphatic heterocycles. The van der Waals surface area contributed by atoms with Crippen LogP contribution in [0, 0.1) is 5.92 Å². The molecule has 0 aromatic heterocycles. The maximum Gasteiger partial charge on any atom is 0.469 e. The van der Waals surface area contributed by atoms with Crippen molar-refractivity contribution in [3.05, 3.63) is 48.6 Å². The first kappa shape index (κ1) is 47.0. The number of aliphatic hydroxyl groups excluding tert-OH is 1. The van der Waals surface area contributed by atoms with Gasteiger partial charge in [0.1, 0.15) is 6.61 Å². The van der Waals surface area contributed by atoms with Crippen LogP contribution in [0.1, 0.15) is 156 Å². The number of hydrogen-bond donors (Lipinski definition) is 3. The summed E-state index contributed by atoms with van der Waals surface area (Å²) < 4.78 is 26.2. The lowest BCUT2D eigenvalue weighted by atomic mass is 10.0. The smallest absolute Gasteiger partial charge is 0.462 e. The molecule has 0 heterocycles. The summed E-state index contributed by atoms with van der Waals surface area (Å²) in [5, 5.41) is 10.0. The van der Waals surface area contributed by atoms with Crippen LogP contribution in [-0.2, 0) is 28.2 Å². The predicted octanol–water partition coefficient (Wildman–Crippen LogP) is 10.0. The van der Waals surface area contributed by atoms with E-state index in [0.717, 1.165) is 38.0 Å². The van der Waals surface area contributed by atoms with Crippen LogP contribution in [0.5, 0.6) is 0 Å². The zero-order valence-electron chi connectivity index (χ0n) is 30.9. The number of phosphoric acid groups is 1. The van der Waals surface area contributed by atoms with Crippen LogP contribution in [0.3, 0.4) is 0 Å². The van der Waals surface area contributed by atoms with Gasteiger partial charge in [0.05, 0.1) is 12.7 Å². The Hall–Kier alpha value is -2.03. The maximum absolute atomic E-state index is 12.3. The highest BCUT2D eigenvalue weighted by Crippen LogP contribution is 2.36. The first-order chi connectivity index (χ1) is 23.5. The molecule has 49 heavy (non-hydrogen) atoms. The number of esters is 2. The molecule has 0 saturated heterocycles. The number of carbonyl (C=O) groups excluding carboxylic acids is 2. The molecule has 0 aliphatic rings. The summed E-state index contributed by atoms with van der Waals surface area (Å²) in [4.78, 5) is 42.7. The molecule has 0 bridgehead atoms. The number of rotatable bonds is 33. The second-order valence-electron chi connectivity index (χ2n) is 13.2. The number of unbranched alkanes of at least 4 members (excludes halogenated alkanes) is 13. The number of ether oxygens (including phenoxy) is 2. The van der Waals surface area contributed by atoms with E-state index in [9.17, 15) is 19.3 Å². The Balaban J connectivity index is 4.14. The third-order valence-corrected chi connectivity index (χ3v) is 8.34. The molecule has 0 rings (SSSR count). The second-order valence-corrected chi connectivity index (χ2v) is 14.5. The molecule has 0 radical (unpaired) electrons. The minimum absolute atomic E-state index is 0.157. The van der Waals surface area contributed by atoms with Crippen molar-refractivity contribution in [2.75, 3.05) is 13.2 Å². The Kier molecular flexibility index (Phi) is 31.8. The van der Waals surface area contributed by atoms with E-state index in [4.69, 9.17) is 19.3 Å². The normalized spacial score (nSPS) is 13.8. The molecule has 0 fully saturated rings. The van der Waals surface area contributed by atoms with Crippen molar-refractivity contribution in [1.82, 2.24) is 0 Å². The van der Waals surface area contributed by atoms with Gasteiger partial charge in [0.2, 0.25) is 0 Å². The molecule has 0 unspecified atom stereocenters. The lowest BCUT2D eigenvalue weighted by Gasteiger charge is -2.18. The van der Waals surface area contributed by atoms with E-state index >= 15 is 0 Å². The first-order valence-electron chi connectivity index (χ1n) is 18.9. The number of carbonyl (C=O) groups is 2. The summed E-state index contributed by atoms with van der Waals surface area (Å²) in [5.74, 6) is -0.206. The molecule has 9 nitrogen and oxygen atoms in total. The molecule has 0 amide bonds. The van der Waals surface area contributed by atoms with E-state index in [2.05, 4.69) is 31.4 Å². The van der Waals surface area contributed by atoms with Crippen LogP contribution in [0.15, 0.2) is 48.6 Å². The Morgan fingerprint density at radius 1 is 0.694 bits per heavy atom. The van der Waals surface area contributed by atoms with Crippen LogP contribution in [0.25, 0.3) is 0 Å². The van der Waals surface area contributed by atoms with Gasteiger partial charge in [-0.3, -0.25) is 14.1 Å². The highest BCUT2D eigenvalue weighted by molar-refractivity contribution is 7.46. The van der Waals surface area contributed by atoms with Gasteiger partial charge in [0, 0.05) is 12.8 Å². The zero-order chi connectivity index (χ0) is 36.4. The van der Waals surface area contributed by atoms with E-state index < -0.39 is 38.6 Å². The molecule has 284 valence electrons. The SMILES string of the molecule is CCCCC/C=C\C=C/[C@@H](O)C/C=C\C/C=C/CCCC(=O)OC[C@H](COP(=O)(O)O)OC(=O)CCCCCCCCCCCCC(C)C. The highest BCUT2D eigenvalue weighted by atomic mass is 31.2. The van der Waals surface area contributed by atoms with Crippen molar-refractivity contribution in [3.63, 3.8) is 0 Å². The summed E-state index contributed by atoms with van der Waals surface area (Å²) >= 11 is 0. The van der Waals surface area contributed by atoms with Gasteiger partial charge in [-0.2, -0.15) is 0 Å². The third-order valence-electron chi connectivity index (χ3n) is 7.86. The Bertz CT molecular complexity index is 968. The molecule has 10 heteroatoms. The molecule has 0 aromatic rings. The van der Waals surface area contributed by atoms with Gasteiger partial charge in [0.15, 0.2) is 6.10 Å². The van der Waals surface area contributed by atoms with Crippen molar-refractivity contribution in [3.8, 4) is 0 Å². The number of aliphatic hydroxyl groups is 1. The van der Waals surface area contributed by atoms with Crippen LogP contribution in [0.2, 0.25) is 0 Å². The predicted molar refractivity (Wildman–Crippen MR) is 199 cm³/mol. The fourth-order valence-corrected chi connectivity index (χ4v) is 5.34. The van der Waals surface area contributed by atoms with Gasteiger partial charge in [0.25, 0.3) is 0 Å². The zero-order valence-corrected chi connectivity index (χ0v) is 31.7.